The molecule has 0 saturated carbocycles. The molecule has 0 fully saturated rings. The molecule has 1 aromatic carbocycles. The van der Waals surface area contributed by atoms with E-state index in [1.54, 1.807) is 18.4 Å². The van der Waals surface area contributed by atoms with E-state index in [1.807, 2.05) is 18.2 Å². The number of methoxy groups -OCH3 is 1. The Morgan fingerprint density at radius 3 is 2.89 bits per heavy atom. The maximum atomic E-state index is 11.6. The molecular formula is C15H17NO2S. The Kier molecular flexibility index (Phi) is 5.12. The first-order valence-electron chi connectivity index (χ1n) is 6.17. The van der Waals surface area contributed by atoms with E-state index in [0.717, 1.165) is 5.56 Å². The zero-order valence-corrected chi connectivity index (χ0v) is 11.7. The van der Waals surface area contributed by atoms with Gasteiger partial charge < -0.3 is 10.1 Å². The standard InChI is InChI=1S/C15H17NO2S/c1-18-8-6-15(17)16-10-12-4-2-3-5-14(12)13-7-9-19-11-13/h2-5,7,9,11H,6,8,10H2,1H3,(H,16,17). The highest BCUT2D eigenvalue weighted by Crippen LogP contribution is 2.25. The van der Waals surface area contributed by atoms with Crippen LogP contribution in [0.5, 0.6) is 0 Å². The quantitative estimate of drug-likeness (QED) is 0.880. The van der Waals surface area contributed by atoms with E-state index in [1.165, 1.54) is 11.1 Å². The molecule has 19 heavy (non-hydrogen) atoms. The molecule has 0 radical (unpaired) electrons. The monoisotopic (exact) mass is 275 g/mol. The second-order valence-corrected chi connectivity index (χ2v) is 4.97. The smallest absolute Gasteiger partial charge is 0.222 e. The summed E-state index contributed by atoms with van der Waals surface area (Å²) in [5.74, 6) is 0.0157. The van der Waals surface area contributed by atoms with E-state index >= 15 is 0 Å². The molecule has 0 spiro atoms. The van der Waals surface area contributed by atoms with Gasteiger partial charge in [-0.15, -0.1) is 0 Å². The van der Waals surface area contributed by atoms with Crippen LogP contribution in [0, 0.1) is 0 Å². The Bertz CT molecular complexity index is 523. The first-order chi connectivity index (χ1) is 9.31. The number of amides is 1. The lowest BCUT2D eigenvalue weighted by atomic mass is 10.0. The number of hydrogen-bond acceptors (Lipinski definition) is 3. The summed E-state index contributed by atoms with van der Waals surface area (Å²) in [5.41, 5.74) is 3.51. The predicted octanol–water partition coefficient (Wildman–Crippen LogP) is 3.07. The van der Waals surface area contributed by atoms with Crippen LogP contribution in [0.15, 0.2) is 41.1 Å². The van der Waals surface area contributed by atoms with Crippen molar-refractivity contribution in [1.82, 2.24) is 5.32 Å². The maximum absolute atomic E-state index is 11.6. The number of carbonyl (C=O) groups excluding carboxylic acids is 1. The Hall–Kier alpha value is -1.65. The molecule has 1 aromatic heterocycles. The minimum Gasteiger partial charge on any atom is -0.384 e. The maximum Gasteiger partial charge on any atom is 0.222 e. The third-order valence-corrected chi connectivity index (χ3v) is 3.54. The fraction of sp³-hybridized carbons (Fsp3) is 0.267. The molecule has 1 amide bonds. The summed E-state index contributed by atoms with van der Waals surface area (Å²) in [6.45, 7) is 1.01. The summed E-state index contributed by atoms with van der Waals surface area (Å²) < 4.78 is 4.89. The van der Waals surface area contributed by atoms with E-state index in [2.05, 4.69) is 28.2 Å². The number of benzene rings is 1. The van der Waals surface area contributed by atoms with Crippen molar-refractivity contribution in [3.05, 3.63) is 46.7 Å². The fourth-order valence-corrected chi connectivity index (χ4v) is 2.51. The van der Waals surface area contributed by atoms with Gasteiger partial charge >= 0.3 is 0 Å². The summed E-state index contributed by atoms with van der Waals surface area (Å²) in [6, 6.07) is 10.2. The molecular weight excluding hydrogens is 258 g/mol. The van der Waals surface area contributed by atoms with Gasteiger partial charge in [-0.1, -0.05) is 24.3 Å². The molecule has 100 valence electrons. The van der Waals surface area contributed by atoms with E-state index in [4.69, 9.17) is 4.74 Å². The number of carbonyl (C=O) groups is 1. The number of hydrogen-bond donors (Lipinski definition) is 1. The van der Waals surface area contributed by atoms with Gasteiger partial charge in [-0.3, -0.25) is 4.79 Å². The van der Waals surface area contributed by atoms with Crippen LogP contribution in [-0.2, 0) is 16.1 Å². The molecule has 3 nitrogen and oxygen atoms in total. The SMILES string of the molecule is COCCC(=O)NCc1ccccc1-c1ccsc1. The molecule has 1 heterocycles. The molecule has 2 rings (SSSR count). The van der Waals surface area contributed by atoms with Gasteiger partial charge in [0.05, 0.1) is 6.61 Å². The number of rotatable bonds is 6. The molecule has 0 aliphatic heterocycles. The third-order valence-electron chi connectivity index (χ3n) is 2.86. The molecule has 2 aromatic rings. The van der Waals surface area contributed by atoms with E-state index in [0.29, 0.717) is 19.6 Å². The molecule has 4 heteroatoms. The first-order valence-corrected chi connectivity index (χ1v) is 7.11. The van der Waals surface area contributed by atoms with Gasteiger partial charge in [-0.2, -0.15) is 11.3 Å². The van der Waals surface area contributed by atoms with Crippen LogP contribution < -0.4 is 5.32 Å². The normalized spacial score (nSPS) is 10.4. The summed E-state index contributed by atoms with van der Waals surface area (Å²) in [6.07, 6.45) is 0.400. The van der Waals surface area contributed by atoms with Crippen molar-refractivity contribution in [3.8, 4) is 11.1 Å². The van der Waals surface area contributed by atoms with Gasteiger partial charge in [0.25, 0.3) is 0 Å². The molecule has 0 saturated heterocycles. The van der Waals surface area contributed by atoms with Crippen LogP contribution >= 0.6 is 11.3 Å². The highest BCUT2D eigenvalue weighted by molar-refractivity contribution is 7.08. The van der Waals surface area contributed by atoms with Crippen molar-refractivity contribution in [2.24, 2.45) is 0 Å². The predicted molar refractivity (Wildman–Crippen MR) is 78.1 cm³/mol. The van der Waals surface area contributed by atoms with Crippen molar-refractivity contribution >= 4 is 17.2 Å². The zero-order chi connectivity index (χ0) is 13.5. The van der Waals surface area contributed by atoms with Gasteiger partial charge in [0.15, 0.2) is 0 Å². The summed E-state index contributed by atoms with van der Waals surface area (Å²) in [4.78, 5) is 11.6. The van der Waals surface area contributed by atoms with Crippen molar-refractivity contribution in [2.75, 3.05) is 13.7 Å². The van der Waals surface area contributed by atoms with Crippen LogP contribution in [0.3, 0.4) is 0 Å². The number of ether oxygens (including phenoxy) is 1. The fourth-order valence-electron chi connectivity index (χ4n) is 1.85. The summed E-state index contributed by atoms with van der Waals surface area (Å²) in [7, 11) is 1.60. The van der Waals surface area contributed by atoms with Crippen molar-refractivity contribution in [3.63, 3.8) is 0 Å². The highest BCUT2D eigenvalue weighted by atomic mass is 32.1. The lowest BCUT2D eigenvalue weighted by Crippen LogP contribution is -2.23. The van der Waals surface area contributed by atoms with E-state index < -0.39 is 0 Å². The summed E-state index contributed by atoms with van der Waals surface area (Å²) >= 11 is 1.67. The minimum atomic E-state index is 0.0157. The van der Waals surface area contributed by atoms with Gasteiger partial charge in [-0.05, 0) is 33.5 Å². The van der Waals surface area contributed by atoms with Crippen LogP contribution in [-0.4, -0.2) is 19.6 Å². The highest BCUT2D eigenvalue weighted by Gasteiger charge is 2.06. The molecule has 1 N–H and O–H groups in total. The largest absolute Gasteiger partial charge is 0.384 e. The average Bonchev–Trinajstić information content (AvgIpc) is 2.97. The Labute approximate surface area is 117 Å². The van der Waals surface area contributed by atoms with E-state index in [9.17, 15) is 4.79 Å². The Morgan fingerprint density at radius 2 is 2.16 bits per heavy atom. The van der Waals surface area contributed by atoms with Crippen LogP contribution in [0.4, 0.5) is 0 Å². The first kappa shape index (κ1) is 13.8. The van der Waals surface area contributed by atoms with Crippen LogP contribution in [0.25, 0.3) is 11.1 Å². The average molecular weight is 275 g/mol. The van der Waals surface area contributed by atoms with Gasteiger partial charge in [0.1, 0.15) is 0 Å². The third kappa shape index (κ3) is 3.91. The lowest BCUT2D eigenvalue weighted by Gasteiger charge is -2.09. The molecule has 0 aliphatic carbocycles. The minimum absolute atomic E-state index is 0.0157. The number of nitrogens with one attached hydrogen (secondary N) is 1. The summed E-state index contributed by atoms with van der Waals surface area (Å²) in [5, 5.41) is 7.10. The Morgan fingerprint density at radius 1 is 1.32 bits per heavy atom. The molecule has 0 aliphatic rings. The van der Waals surface area contributed by atoms with Crippen LogP contribution in [0.2, 0.25) is 0 Å². The Balaban J connectivity index is 2.03. The lowest BCUT2D eigenvalue weighted by molar-refractivity contribution is -0.122. The van der Waals surface area contributed by atoms with Crippen molar-refractivity contribution < 1.29 is 9.53 Å². The van der Waals surface area contributed by atoms with Crippen LogP contribution in [0.1, 0.15) is 12.0 Å². The van der Waals surface area contributed by atoms with E-state index in [-0.39, 0.29) is 5.91 Å². The van der Waals surface area contributed by atoms with Crippen molar-refractivity contribution in [1.29, 1.82) is 0 Å². The van der Waals surface area contributed by atoms with Crippen molar-refractivity contribution in [2.45, 2.75) is 13.0 Å². The van der Waals surface area contributed by atoms with Gasteiger partial charge in [0, 0.05) is 20.1 Å². The number of thiophene rings is 1. The molecule has 0 unspecified atom stereocenters. The van der Waals surface area contributed by atoms with Gasteiger partial charge in [0.2, 0.25) is 5.91 Å². The topological polar surface area (TPSA) is 38.3 Å². The molecule has 0 atom stereocenters. The second kappa shape index (κ2) is 7.07. The second-order valence-electron chi connectivity index (χ2n) is 4.19. The van der Waals surface area contributed by atoms with Gasteiger partial charge in [-0.25, -0.2) is 0 Å². The molecule has 0 bridgehead atoms. The zero-order valence-electron chi connectivity index (χ0n) is 10.9.